The molecule has 1 fully saturated rings. The monoisotopic (exact) mass is 271 g/mol. The number of rotatable bonds is 2. The molecule has 1 aromatic carbocycles. The largest absolute Gasteiger partial charge is 0.372 e. The molecule has 0 radical (unpaired) electrons. The van der Waals surface area contributed by atoms with Crippen LogP contribution < -0.4 is 21.7 Å². The summed E-state index contributed by atoms with van der Waals surface area (Å²) in [5.74, 6) is 0.346. The van der Waals surface area contributed by atoms with Gasteiger partial charge < -0.3 is 16.0 Å². The van der Waals surface area contributed by atoms with Crippen LogP contribution in [0.2, 0.25) is 0 Å². The molecule has 20 heavy (non-hydrogen) atoms. The summed E-state index contributed by atoms with van der Waals surface area (Å²) in [6.45, 7) is 2.23. The van der Waals surface area contributed by atoms with Crippen LogP contribution in [0.3, 0.4) is 0 Å². The Balaban J connectivity index is 1.91. The van der Waals surface area contributed by atoms with Crippen molar-refractivity contribution in [1.29, 1.82) is 0 Å². The molecular weight excluding hydrogens is 250 g/mol. The number of nitrogens with two attached hydrogens (primary N) is 2. The van der Waals surface area contributed by atoms with Crippen LogP contribution in [-0.4, -0.2) is 19.0 Å². The Labute approximate surface area is 119 Å². The van der Waals surface area contributed by atoms with E-state index in [1.807, 2.05) is 18.2 Å². The van der Waals surface area contributed by atoms with Crippen LogP contribution in [0.25, 0.3) is 0 Å². The maximum atomic E-state index is 6.36. The van der Waals surface area contributed by atoms with Gasteiger partial charge in [-0.05, 0) is 37.5 Å². The summed E-state index contributed by atoms with van der Waals surface area (Å²) < 4.78 is 0. The Bertz CT molecular complexity index is 545. The van der Waals surface area contributed by atoms with E-state index in [9.17, 15) is 0 Å². The summed E-state index contributed by atoms with van der Waals surface area (Å²) in [5, 5.41) is 2.84. The Morgan fingerprint density at radius 2 is 2.00 bits per heavy atom. The number of hydrogen-bond acceptors (Lipinski definition) is 5. The van der Waals surface area contributed by atoms with E-state index in [2.05, 4.69) is 27.3 Å². The Kier molecular flexibility index (Phi) is 3.36. The molecule has 2 heterocycles. The highest BCUT2D eigenvalue weighted by Gasteiger charge is 2.26. The van der Waals surface area contributed by atoms with Gasteiger partial charge in [0.05, 0.1) is 0 Å². The number of benzene rings is 1. The van der Waals surface area contributed by atoms with Crippen LogP contribution in [0.5, 0.6) is 0 Å². The van der Waals surface area contributed by atoms with Crippen molar-refractivity contribution in [3.63, 3.8) is 0 Å². The minimum atomic E-state index is -0.874. The minimum Gasteiger partial charge on any atom is -0.372 e. The molecule has 0 aromatic heterocycles. The van der Waals surface area contributed by atoms with Gasteiger partial charge in [-0.1, -0.05) is 12.1 Å². The second kappa shape index (κ2) is 5.17. The fourth-order valence-corrected chi connectivity index (χ4v) is 2.79. The lowest BCUT2D eigenvalue weighted by atomic mass is 9.98. The molecule has 2 aliphatic rings. The third kappa shape index (κ3) is 2.49. The van der Waals surface area contributed by atoms with Crippen LogP contribution in [0, 0.1) is 0 Å². The lowest BCUT2D eigenvalue weighted by Crippen LogP contribution is -2.42. The average Bonchev–Trinajstić information content (AvgIpc) is 2.48. The number of nitrogens with zero attached hydrogens (tertiary/aromatic N) is 2. The molecule has 5 heteroatoms. The SMILES string of the molecule is NC1=NC(N)(c2cccc(N3CCCCC3)c2)C=CN1. The zero-order chi connectivity index (χ0) is 14.0. The van der Waals surface area contributed by atoms with Crippen LogP contribution in [0.1, 0.15) is 24.8 Å². The van der Waals surface area contributed by atoms with Crippen molar-refractivity contribution in [1.82, 2.24) is 5.32 Å². The van der Waals surface area contributed by atoms with E-state index in [1.165, 1.54) is 24.9 Å². The van der Waals surface area contributed by atoms with Crippen molar-refractivity contribution in [2.24, 2.45) is 16.5 Å². The van der Waals surface area contributed by atoms with E-state index in [1.54, 1.807) is 6.20 Å². The molecule has 1 unspecified atom stereocenters. The van der Waals surface area contributed by atoms with E-state index in [4.69, 9.17) is 11.5 Å². The molecular formula is C15H21N5. The third-order valence-electron chi connectivity index (χ3n) is 3.90. The van der Waals surface area contributed by atoms with E-state index in [-0.39, 0.29) is 0 Å². The Morgan fingerprint density at radius 1 is 1.20 bits per heavy atom. The molecule has 1 aromatic rings. The summed E-state index contributed by atoms with van der Waals surface area (Å²) in [6.07, 6.45) is 7.42. The maximum absolute atomic E-state index is 6.36. The first-order valence-electron chi connectivity index (χ1n) is 7.11. The quantitative estimate of drug-likeness (QED) is 0.755. The highest BCUT2D eigenvalue weighted by atomic mass is 15.2. The molecule has 0 saturated carbocycles. The smallest absolute Gasteiger partial charge is 0.195 e. The van der Waals surface area contributed by atoms with Crippen molar-refractivity contribution < 1.29 is 0 Å². The predicted octanol–water partition coefficient (Wildman–Crippen LogP) is 1.22. The Hall–Kier alpha value is -2.01. The van der Waals surface area contributed by atoms with Crippen molar-refractivity contribution in [3.05, 3.63) is 42.1 Å². The molecule has 106 valence electrons. The van der Waals surface area contributed by atoms with Crippen molar-refractivity contribution in [3.8, 4) is 0 Å². The standard InChI is InChI=1S/C15H21N5/c16-14-18-8-7-15(17,19-14)12-5-4-6-13(11-12)20-9-2-1-3-10-20/h4-8,11H,1-3,9-10,17H2,(H3,16,18,19). The molecule has 5 N–H and O–H groups in total. The van der Waals surface area contributed by atoms with Gasteiger partial charge in [0.15, 0.2) is 11.6 Å². The molecule has 1 saturated heterocycles. The summed E-state index contributed by atoms with van der Waals surface area (Å²) in [6, 6.07) is 8.29. The average molecular weight is 271 g/mol. The molecule has 1 atom stereocenters. The zero-order valence-electron chi connectivity index (χ0n) is 11.5. The maximum Gasteiger partial charge on any atom is 0.195 e. The summed E-state index contributed by atoms with van der Waals surface area (Å²) in [7, 11) is 0. The van der Waals surface area contributed by atoms with Crippen molar-refractivity contribution in [2.75, 3.05) is 18.0 Å². The number of hydrogen-bond donors (Lipinski definition) is 3. The van der Waals surface area contributed by atoms with E-state index in [0.717, 1.165) is 18.7 Å². The predicted molar refractivity (Wildman–Crippen MR) is 82.3 cm³/mol. The van der Waals surface area contributed by atoms with E-state index >= 15 is 0 Å². The van der Waals surface area contributed by atoms with Crippen LogP contribution in [0.4, 0.5) is 5.69 Å². The summed E-state index contributed by atoms with van der Waals surface area (Å²) in [4.78, 5) is 6.74. The van der Waals surface area contributed by atoms with Gasteiger partial charge in [-0.3, -0.25) is 5.73 Å². The molecule has 0 bridgehead atoms. The molecule has 0 amide bonds. The van der Waals surface area contributed by atoms with Gasteiger partial charge in [0.1, 0.15) is 0 Å². The van der Waals surface area contributed by atoms with Crippen LogP contribution >= 0.6 is 0 Å². The second-order valence-corrected chi connectivity index (χ2v) is 5.40. The van der Waals surface area contributed by atoms with Gasteiger partial charge in [-0.2, -0.15) is 0 Å². The molecule has 0 spiro atoms. The van der Waals surface area contributed by atoms with Gasteiger partial charge in [0.2, 0.25) is 0 Å². The van der Waals surface area contributed by atoms with Crippen molar-refractivity contribution in [2.45, 2.75) is 24.9 Å². The highest BCUT2D eigenvalue weighted by Crippen LogP contribution is 2.28. The van der Waals surface area contributed by atoms with Gasteiger partial charge in [-0.25, -0.2) is 4.99 Å². The van der Waals surface area contributed by atoms with Gasteiger partial charge in [-0.15, -0.1) is 0 Å². The third-order valence-corrected chi connectivity index (χ3v) is 3.90. The fraction of sp³-hybridized carbons (Fsp3) is 0.400. The van der Waals surface area contributed by atoms with Crippen molar-refractivity contribution >= 4 is 11.6 Å². The number of aliphatic imine (C=N–C) groups is 1. The number of piperidine rings is 1. The van der Waals surface area contributed by atoms with E-state index in [0.29, 0.717) is 5.96 Å². The highest BCUT2D eigenvalue weighted by molar-refractivity contribution is 5.80. The molecule has 3 rings (SSSR count). The first kappa shape index (κ1) is 13.0. The zero-order valence-corrected chi connectivity index (χ0v) is 11.5. The minimum absolute atomic E-state index is 0.346. The summed E-state index contributed by atoms with van der Waals surface area (Å²) >= 11 is 0. The van der Waals surface area contributed by atoms with Crippen LogP contribution in [-0.2, 0) is 5.66 Å². The lowest BCUT2D eigenvalue weighted by molar-refractivity contribution is 0.570. The van der Waals surface area contributed by atoms with Gasteiger partial charge in [0, 0.05) is 30.5 Å². The number of anilines is 1. The van der Waals surface area contributed by atoms with Crippen LogP contribution in [0.15, 0.2) is 41.5 Å². The first-order chi connectivity index (χ1) is 9.67. The lowest BCUT2D eigenvalue weighted by Gasteiger charge is -2.31. The molecule has 0 aliphatic carbocycles. The summed E-state index contributed by atoms with van der Waals surface area (Å²) in [5.41, 5.74) is 13.4. The normalized spacial score (nSPS) is 26.1. The first-order valence-corrected chi connectivity index (χ1v) is 7.11. The second-order valence-electron chi connectivity index (χ2n) is 5.40. The van der Waals surface area contributed by atoms with E-state index < -0.39 is 5.66 Å². The Morgan fingerprint density at radius 3 is 2.75 bits per heavy atom. The number of nitrogens with one attached hydrogen (secondary N) is 1. The van der Waals surface area contributed by atoms with Gasteiger partial charge >= 0.3 is 0 Å². The molecule has 2 aliphatic heterocycles. The van der Waals surface area contributed by atoms with Gasteiger partial charge in [0.25, 0.3) is 0 Å². The molecule has 5 nitrogen and oxygen atoms in total. The number of guanidine groups is 1. The topological polar surface area (TPSA) is 79.7 Å². The fourth-order valence-electron chi connectivity index (χ4n) is 2.79.